The van der Waals surface area contributed by atoms with E-state index in [1.807, 2.05) is 48.9 Å². The highest BCUT2D eigenvalue weighted by atomic mass is 16.3. The molecule has 0 aliphatic heterocycles. The minimum atomic E-state index is -0.0132. The predicted octanol–water partition coefficient (Wildman–Crippen LogP) is 3.08. The van der Waals surface area contributed by atoms with E-state index < -0.39 is 0 Å². The molecule has 0 saturated carbocycles. The van der Waals surface area contributed by atoms with E-state index in [0.717, 1.165) is 41.4 Å². The molecule has 2 aromatic rings. The van der Waals surface area contributed by atoms with Crippen LogP contribution in [0.5, 0.6) is 0 Å². The van der Waals surface area contributed by atoms with Crippen LogP contribution in [0.25, 0.3) is 5.69 Å². The maximum atomic E-state index is 9.74. The fraction of sp³-hybridized carbons (Fsp3) is 0.353. The number of aryl methyl sites for hydroxylation is 1. The average Bonchev–Trinajstić information content (AvgIpc) is 2.82. The molecule has 1 aromatic carbocycles. The van der Waals surface area contributed by atoms with Gasteiger partial charge in [-0.3, -0.25) is 0 Å². The second-order valence-corrected chi connectivity index (χ2v) is 5.26. The molecule has 0 spiro atoms. The summed E-state index contributed by atoms with van der Waals surface area (Å²) in [4.78, 5) is 2.20. The number of para-hydroxylation sites is 1. The van der Waals surface area contributed by atoms with Crippen LogP contribution >= 0.6 is 0 Å². The second-order valence-electron chi connectivity index (χ2n) is 5.26. The number of benzene rings is 1. The molecule has 1 N–H and O–H groups in total. The number of aliphatic hydroxyl groups excluding tert-OH is 1. The maximum Gasteiger partial charge on any atom is 0.138 e. The number of aromatic nitrogens is 2. The number of aliphatic hydroxyl groups is 1. The van der Waals surface area contributed by atoms with Crippen molar-refractivity contribution in [3.05, 3.63) is 53.7 Å². The Hall–Kier alpha value is -2.07. The van der Waals surface area contributed by atoms with Gasteiger partial charge < -0.3 is 10.0 Å². The van der Waals surface area contributed by atoms with Gasteiger partial charge in [-0.25, -0.2) is 4.68 Å². The highest BCUT2D eigenvalue weighted by Gasteiger charge is 2.20. The van der Waals surface area contributed by atoms with Crippen molar-refractivity contribution < 1.29 is 5.11 Å². The minimum Gasteiger partial charge on any atom is -0.391 e. The highest BCUT2D eigenvalue weighted by Crippen LogP contribution is 2.27. The molecule has 21 heavy (non-hydrogen) atoms. The van der Waals surface area contributed by atoms with Gasteiger partial charge in [0.25, 0.3) is 0 Å². The second kappa shape index (κ2) is 6.59. The maximum absolute atomic E-state index is 9.74. The zero-order valence-electron chi connectivity index (χ0n) is 13.0. The number of anilines is 1. The number of hydrogen-bond donors (Lipinski definition) is 1. The first-order valence-corrected chi connectivity index (χ1v) is 7.22. The lowest BCUT2D eigenvalue weighted by atomic mass is 10.2. The van der Waals surface area contributed by atoms with Gasteiger partial charge in [0.1, 0.15) is 5.82 Å². The zero-order valence-corrected chi connectivity index (χ0v) is 13.0. The average molecular weight is 285 g/mol. The van der Waals surface area contributed by atoms with E-state index in [1.54, 1.807) is 0 Å². The van der Waals surface area contributed by atoms with Gasteiger partial charge in [-0.2, -0.15) is 5.10 Å². The molecule has 112 valence electrons. The molecule has 4 nitrogen and oxygen atoms in total. The molecule has 2 rings (SSSR count). The summed E-state index contributed by atoms with van der Waals surface area (Å²) in [7, 11) is 0. The molecule has 0 atom stereocenters. The molecule has 0 aliphatic carbocycles. The molecule has 0 aliphatic rings. The van der Waals surface area contributed by atoms with Crippen molar-refractivity contribution in [2.24, 2.45) is 0 Å². The lowest BCUT2D eigenvalue weighted by molar-refractivity contribution is 0.281. The van der Waals surface area contributed by atoms with Crippen molar-refractivity contribution in [1.82, 2.24) is 9.78 Å². The standard InChI is InChI=1S/C17H23N3O/c1-5-19(11-13(2)3)17-16(12-21)14(4)18-20(17)15-9-7-6-8-10-15/h6-10,21H,2,5,11-12H2,1,3-4H3. The van der Waals surface area contributed by atoms with Crippen molar-refractivity contribution in [3.63, 3.8) is 0 Å². The Balaban J connectivity index is 2.58. The Labute approximate surface area is 126 Å². The molecule has 0 saturated heterocycles. The van der Waals surface area contributed by atoms with Crippen molar-refractivity contribution in [2.75, 3.05) is 18.0 Å². The summed E-state index contributed by atoms with van der Waals surface area (Å²) in [5, 5.41) is 14.3. The van der Waals surface area contributed by atoms with E-state index in [1.165, 1.54) is 0 Å². The molecular formula is C17H23N3O. The van der Waals surface area contributed by atoms with Crippen molar-refractivity contribution in [2.45, 2.75) is 27.4 Å². The van der Waals surface area contributed by atoms with Gasteiger partial charge in [0.15, 0.2) is 0 Å². The first kappa shape index (κ1) is 15.3. The lowest BCUT2D eigenvalue weighted by Gasteiger charge is -2.25. The minimum absolute atomic E-state index is 0.0132. The normalized spacial score (nSPS) is 10.7. The van der Waals surface area contributed by atoms with Crippen molar-refractivity contribution >= 4 is 5.82 Å². The van der Waals surface area contributed by atoms with Crippen LogP contribution in [0, 0.1) is 6.92 Å². The van der Waals surface area contributed by atoms with Crippen molar-refractivity contribution in [3.8, 4) is 5.69 Å². The van der Waals surface area contributed by atoms with Gasteiger partial charge in [0.2, 0.25) is 0 Å². The summed E-state index contributed by atoms with van der Waals surface area (Å²) in [5.74, 6) is 0.951. The molecule has 1 heterocycles. The van der Waals surface area contributed by atoms with Crippen LogP contribution in [0.4, 0.5) is 5.82 Å². The first-order valence-electron chi connectivity index (χ1n) is 7.22. The quantitative estimate of drug-likeness (QED) is 0.829. The van der Waals surface area contributed by atoms with Gasteiger partial charge >= 0.3 is 0 Å². The fourth-order valence-electron chi connectivity index (χ4n) is 2.47. The monoisotopic (exact) mass is 285 g/mol. The summed E-state index contributed by atoms with van der Waals surface area (Å²) < 4.78 is 1.91. The van der Waals surface area contributed by atoms with Crippen LogP contribution in [-0.2, 0) is 6.61 Å². The van der Waals surface area contributed by atoms with Crippen molar-refractivity contribution in [1.29, 1.82) is 0 Å². The lowest BCUT2D eigenvalue weighted by Crippen LogP contribution is -2.28. The Morgan fingerprint density at radius 1 is 1.33 bits per heavy atom. The molecule has 0 amide bonds. The van der Waals surface area contributed by atoms with Gasteiger partial charge in [-0.05, 0) is 32.9 Å². The SMILES string of the molecule is C=C(C)CN(CC)c1c(CO)c(C)nn1-c1ccccc1. The van der Waals surface area contributed by atoms with Gasteiger partial charge in [0, 0.05) is 18.7 Å². The number of nitrogens with zero attached hydrogens (tertiary/aromatic N) is 3. The molecule has 0 unspecified atom stereocenters. The summed E-state index contributed by atoms with van der Waals surface area (Å²) in [6.07, 6.45) is 0. The molecule has 1 aromatic heterocycles. The molecular weight excluding hydrogens is 262 g/mol. The highest BCUT2D eigenvalue weighted by molar-refractivity contribution is 5.55. The van der Waals surface area contributed by atoms with E-state index in [0.29, 0.717) is 0 Å². The fourth-order valence-corrected chi connectivity index (χ4v) is 2.47. The summed E-state index contributed by atoms with van der Waals surface area (Å²) in [5.41, 5.74) is 3.81. The summed E-state index contributed by atoms with van der Waals surface area (Å²) >= 11 is 0. The molecule has 0 bridgehead atoms. The van der Waals surface area contributed by atoms with Crippen LogP contribution in [-0.4, -0.2) is 28.0 Å². The number of hydrogen-bond acceptors (Lipinski definition) is 3. The van der Waals surface area contributed by atoms with E-state index in [2.05, 4.69) is 23.5 Å². The Bertz CT molecular complexity index is 616. The summed E-state index contributed by atoms with van der Waals surface area (Å²) in [6.45, 7) is 11.6. The van der Waals surface area contributed by atoms with E-state index in [-0.39, 0.29) is 6.61 Å². The molecule has 0 fully saturated rings. The van der Waals surface area contributed by atoms with Crippen LogP contribution in [0.1, 0.15) is 25.1 Å². The van der Waals surface area contributed by atoms with Crippen LogP contribution < -0.4 is 4.90 Å². The van der Waals surface area contributed by atoms with E-state index in [9.17, 15) is 5.11 Å². The largest absolute Gasteiger partial charge is 0.391 e. The van der Waals surface area contributed by atoms with Gasteiger partial charge in [-0.15, -0.1) is 0 Å². The number of likely N-dealkylation sites (N-methyl/N-ethyl adjacent to an activating group) is 1. The summed E-state index contributed by atoms with van der Waals surface area (Å²) in [6, 6.07) is 10.0. The number of rotatable bonds is 6. The third-order valence-electron chi connectivity index (χ3n) is 3.46. The van der Waals surface area contributed by atoms with Crippen LogP contribution in [0.3, 0.4) is 0 Å². The van der Waals surface area contributed by atoms with Gasteiger partial charge in [-0.1, -0.05) is 30.4 Å². The smallest absolute Gasteiger partial charge is 0.138 e. The van der Waals surface area contributed by atoms with E-state index in [4.69, 9.17) is 0 Å². The van der Waals surface area contributed by atoms with Crippen LogP contribution in [0.15, 0.2) is 42.5 Å². The first-order chi connectivity index (χ1) is 10.1. The zero-order chi connectivity index (χ0) is 15.4. The Morgan fingerprint density at radius 3 is 2.52 bits per heavy atom. The third kappa shape index (κ3) is 3.16. The van der Waals surface area contributed by atoms with E-state index >= 15 is 0 Å². The molecule has 0 radical (unpaired) electrons. The molecule has 4 heteroatoms. The van der Waals surface area contributed by atoms with Crippen LogP contribution in [0.2, 0.25) is 0 Å². The Kier molecular flexibility index (Phi) is 4.81. The predicted molar refractivity (Wildman–Crippen MR) is 86.9 cm³/mol. The third-order valence-corrected chi connectivity index (χ3v) is 3.46. The van der Waals surface area contributed by atoms with Gasteiger partial charge in [0.05, 0.1) is 18.0 Å². The topological polar surface area (TPSA) is 41.3 Å². The Morgan fingerprint density at radius 2 is 2.00 bits per heavy atom.